The summed E-state index contributed by atoms with van der Waals surface area (Å²) in [5, 5.41) is 6.15. The Hall–Kier alpha value is -2.66. The molecule has 0 radical (unpaired) electrons. The van der Waals surface area contributed by atoms with Crippen LogP contribution in [0.25, 0.3) is 22.6 Å². The first-order valence-corrected chi connectivity index (χ1v) is 7.49. The SMILES string of the molecule is c1ccc(Nc2nc(-c3nc4ccccc4[nH]3)cs2)cc1. The second kappa shape index (κ2) is 5.03. The topological polar surface area (TPSA) is 53.6 Å². The number of hydrogen-bond donors (Lipinski definition) is 2. The number of fused-ring (bicyclic) bond motifs is 1. The zero-order chi connectivity index (χ0) is 14.1. The third-order valence-electron chi connectivity index (χ3n) is 3.16. The van der Waals surface area contributed by atoms with Crippen LogP contribution < -0.4 is 5.32 Å². The van der Waals surface area contributed by atoms with Gasteiger partial charge in [-0.15, -0.1) is 11.3 Å². The second-order valence-corrected chi connectivity index (χ2v) is 5.49. The Morgan fingerprint density at radius 3 is 2.57 bits per heavy atom. The lowest BCUT2D eigenvalue weighted by molar-refractivity contribution is 1.27. The van der Waals surface area contributed by atoms with E-state index in [-0.39, 0.29) is 0 Å². The molecule has 102 valence electrons. The number of hydrogen-bond acceptors (Lipinski definition) is 4. The highest BCUT2D eigenvalue weighted by atomic mass is 32.1. The highest BCUT2D eigenvalue weighted by molar-refractivity contribution is 7.14. The summed E-state index contributed by atoms with van der Waals surface area (Å²) in [4.78, 5) is 12.4. The standard InChI is InChI=1S/C16H12N4S/c1-2-6-11(7-3-1)17-16-20-14(10-21-16)15-18-12-8-4-5-9-13(12)19-15/h1-10H,(H,17,20)(H,18,19). The van der Waals surface area contributed by atoms with E-state index in [1.165, 1.54) is 0 Å². The van der Waals surface area contributed by atoms with Gasteiger partial charge in [0.25, 0.3) is 0 Å². The fourth-order valence-electron chi connectivity index (χ4n) is 2.16. The minimum absolute atomic E-state index is 0.800. The zero-order valence-corrected chi connectivity index (χ0v) is 11.9. The van der Waals surface area contributed by atoms with Crippen molar-refractivity contribution in [1.29, 1.82) is 0 Å². The number of nitrogens with zero attached hydrogens (tertiary/aromatic N) is 2. The first-order valence-electron chi connectivity index (χ1n) is 6.61. The Labute approximate surface area is 125 Å². The Morgan fingerprint density at radius 1 is 0.905 bits per heavy atom. The second-order valence-electron chi connectivity index (χ2n) is 4.63. The number of imidazole rings is 1. The van der Waals surface area contributed by atoms with Gasteiger partial charge in [0.2, 0.25) is 0 Å². The van der Waals surface area contributed by atoms with Gasteiger partial charge in [-0.1, -0.05) is 30.3 Å². The van der Waals surface area contributed by atoms with Gasteiger partial charge in [-0.2, -0.15) is 0 Å². The number of thiazole rings is 1. The highest BCUT2D eigenvalue weighted by Gasteiger charge is 2.09. The van der Waals surface area contributed by atoms with Gasteiger partial charge in [-0.3, -0.25) is 0 Å². The Morgan fingerprint density at radius 2 is 1.71 bits per heavy atom. The predicted octanol–water partition coefficient (Wildman–Crippen LogP) is 4.43. The van der Waals surface area contributed by atoms with E-state index in [1.54, 1.807) is 11.3 Å². The fraction of sp³-hybridized carbons (Fsp3) is 0. The molecule has 0 amide bonds. The van der Waals surface area contributed by atoms with E-state index in [0.29, 0.717) is 0 Å². The summed E-state index contributed by atoms with van der Waals surface area (Å²) < 4.78 is 0. The molecule has 4 nitrogen and oxygen atoms in total. The van der Waals surface area contributed by atoms with Crippen molar-refractivity contribution in [1.82, 2.24) is 15.0 Å². The maximum absolute atomic E-state index is 4.58. The smallest absolute Gasteiger partial charge is 0.187 e. The van der Waals surface area contributed by atoms with Crippen LogP contribution in [0.2, 0.25) is 0 Å². The molecule has 0 saturated heterocycles. The summed E-state index contributed by atoms with van der Waals surface area (Å²) in [7, 11) is 0. The summed E-state index contributed by atoms with van der Waals surface area (Å²) in [5.41, 5.74) is 3.87. The van der Waals surface area contributed by atoms with Gasteiger partial charge in [0.05, 0.1) is 11.0 Å². The molecule has 0 fully saturated rings. The van der Waals surface area contributed by atoms with Gasteiger partial charge in [0.1, 0.15) is 5.69 Å². The quantitative estimate of drug-likeness (QED) is 0.587. The molecule has 5 heteroatoms. The van der Waals surface area contributed by atoms with Crippen molar-refractivity contribution in [3.8, 4) is 11.5 Å². The van der Waals surface area contributed by atoms with Crippen molar-refractivity contribution in [2.75, 3.05) is 5.32 Å². The molecule has 0 atom stereocenters. The molecule has 0 unspecified atom stereocenters. The van der Waals surface area contributed by atoms with E-state index in [0.717, 1.165) is 33.4 Å². The number of para-hydroxylation sites is 3. The third-order valence-corrected chi connectivity index (χ3v) is 3.92. The van der Waals surface area contributed by atoms with Crippen LogP contribution in [0, 0.1) is 0 Å². The largest absolute Gasteiger partial charge is 0.337 e. The van der Waals surface area contributed by atoms with E-state index in [2.05, 4.69) is 20.3 Å². The lowest BCUT2D eigenvalue weighted by atomic mass is 10.3. The van der Waals surface area contributed by atoms with Gasteiger partial charge in [0, 0.05) is 11.1 Å². The molecule has 2 N–H and O–H groups in total. The van der Waals surface area contributed by atoms with E-state index in [9.17, 15) is 0 Å². The minimum atomic E-state index is 0.800. The van der Waals surface area contributed by atoms with E-state index in [4.69, 9.17) is 0 Å². The van der Waals surface area contributed by atoms with Crippen LogP contribution in [-0.2, 0) is 0 Å². The zero-order valence-electron chi connectivity index (χ0n) is 11.1. The molecule has 4 aromatic rings. The van der Waals surface area contributed by atoms with Crippen molar-refractivity contribution in [3.63, 3.8) is 0 Å². The molecular weight excluding hydrogens is 280 g/mol. The van der Waals surface area contributed by atoms with Crippen LogP contribution >= 0.6 is 11.3 Å². The Bertz CT molecular complexity index is 846. The first-order chi connectivity index (χ1) is 10.4. The number of rotatable bonds is 3. The van der Waals surface area contributed by atoms with Gasteiger partial charge in [-0.25, -0.2) is 9.97 Å². The van der Waals surface area contributed by atoms with Crippen LogP contribution in [0.1, 0.15) is 0 Å². The summed E-state index contributed by atoms with van der Waals surface area (Å²) in [5.74, 6) is 0.800. The van der Waals surface area contributed by atoms with Crippen molar-refractivity contribution in [2.24, 2.45) is 0 Å². The van der Waals surface area contributed by atoms with Crippen LogP contribution in [0.5, 0.6) is 0 Å². The van der Waals surface area contributed by atoms with Crippen molar-refractivity contribution < 1.29 is 0 Å². The van der Waals surface area contributed by atoms with Gasteiger partial charge in [0.15, 0.2) is 11.0 Å². The molecule has 4 rings (SSSR count). The molecular formula is C16H12N4S. The number of anilines is 2. The minimum Gasteiger partial charge on any atom is -0.337 e. The van der Waals surface area contributed by atoms with Gasteiger partial charge >= 0.3 is 0 Å². The lowest BCUT2D eigenvalue weighted by Gasteiger charge is -2.00. The predicted molar refractivity (Wildman–Crippen MR) is 86.9 cm³/mol. The highest BCUT2D eigenvalue weighted by Crippen LogP contribution is 2.26. The van der Waals surface area contributed by atoms with Crippen molar-refractivity contribution >= 4 is 33.2 Å². The summed E-state index contributed by atoms with van der Waals surface area (Å²) >= 11 is 1.57. The molecule has 0 spiro atoms. The van der Waals surface area contributed by atoms with E-state index in [1.807, 2.05) is 60.0 Å². The van der Waals surface area contributed by atoms with Gasteiger partial charge in [-0.05, 0) is 24.3 Å². The summed E-state index contributed by atoms with van der Waals surface area (Å²) in [6.07, 6.45) is 0. The summed E-state index contributed by atoms with van der Waals surface area (Å²) in [6.45, 7) is 0. The first kappa shape index (κ1) is 12.1. The number of nitrogens with one attached hydrogen (secondary N) is 2. The molecule has 0 bridgehead atoms. The number of aromatic nitrogens is 3. The maximum atomic E-state index is 4.58. The Kier molecular flexibility index (Phi) is 2.90. The van der Waals surface area contributed by atoms with Crippen molar-refractivity contribution in [2.45, 2.75) is 0 Å². The Balaban J connectivity index is 1.64. The van der Waals surface area contributed by atoms with Crippen LogP contribution in [0.4, 0.5) is 10.8 Å². The maximum Gasteiger partial charge on any atom is 0.187 e. The van der Waals surface area contributed by atoms with Crippen LogP contribution in [0.15, 0.2) is 60.0 Å². The third kappa shape index (κ3) is 2.39. The molecule has 2 aromatic carbocycles. The van der Waals surface area contributed by atoms with E-state index < -0.39 is 0 Å². The van der Waals surface area contributed by atoms with Crippen LogP contribution in [0.3, 0.4) is 0 Å². The van der Waals surface area contributed by atoms with Crippen molar-refractivity contribution in [3.05, 3.63) is 60.0 Å². The molecule has 0 aliphatic heterocycles. The fourth-order valence-corrected chi connectivity index (χ4v) is 2.87. The average molecular weight is 292 g/mol. The number of H-pyrrole nitrogens is 1. The normalized spacial score (nSPS) is 10.9. The number of aromatic amines is 1. The molecule has 2 aromatic heterocycles. The molecule has 0 aliphatic rings. The lowest BCUT2D eigenvalue weighted by Crippen LogP contribution is -1.89. The average Bonchev–Trinajstić information content (AvgIpc) is 3.14. The van der Waals surface area contributed by atoms with Crippen LogP contribution in [-0.4, -0.2) is 15.0 Å². The molecule has 0 aliphatic carbocycles. The monoisotopic (exact) mass is 292 g/mol. The van der Waals surface area contributed by atoms with Gasteiger partial charge < -0.3 is 10.3 Å². The molecule has 0 saturated carbocycles. The summed E-state index contributed by atoms with van der Waals surface area (Å²) in [6, 6.07) is 18.0. The number of benzene rings is 2. The van der Waals surface area contributed by atoms with E-state index >= 15 is 0 Å². The molecule has 2 heterocycles. The molecule has 21 heavy (non-hydrogen) atoms.